The average molecular weight is 230 g/mol. The molecule has 88 valence electrons. The van der Waals surface area contributed by atoms with E-state index in [2.05, 4.69) is 4.98 Å². The molecule has 1 aromatic heterocycles. The van der Waals surface area contributed by atoms with E-state index in [0.717, 1.165) is 17.3 Å². The van der Waals surface area contributed by atoms with Crippen LogP contribution in [0.5, 0.6) is 0 Å². The first-order chi connectivity index (χ1) is 8.19. The lowest BCUT2D eigenvalue weighted by Gasteiger charge is -2.21. The van der Waals surface area contributed by atoms with Gasteiger partial charge in [-0.1, -0.05) is 24.3 Å². The summed E-state index contributed by atoms with van der Waals surface area (Å²) in [6, 6.07) is 9.50. The molecule has 1 aliphatic rings. The molecule has 0 bridgehead atoms. The number of fused-ring (bicyclic) bond motifs is 1. The van der Waals surface area contributed by atoms with Crippen LogP contribution in [0.15, 0.2) is 36.5 Å². The van der Waals surface area contributed by atoms with Gasteiger partial charge in [-0.05, 0) is 18.9 Å². The van der Waals surface area contributed by atoms with E-state index >= 15 is 0 Å². The van der Waals surface area contributed by atoms with E-state index in [9.17, 15) is 4.39 Å². The summed E-state index contributed by atoms with van der Waals surface area (Å²) in [4.78, 5) is 4.32. The van der Waals surface area contributed by atoms with Gasteiger partial charge < -0.3 is 5.73 Å². The van der Waals surface area contributed by atoms with Crippen LogP contribution in [0.3, 0.4) is 0 Å². The van der Waals surface area contributed by atoms with Crippen LogP contribution in [0.25, 0.3) is 10.9 Å². The second-order valence-electron chi connectivity index (χ2n) is 4.85. The Balaban J connectivity index is 2.17. The smallest absolute Gasteiger partial charge is 0.139 e. The van der Waals surface area contributed by atoms with Crippen molar-refractivity contribution in [3.8, 4) is 0 Å². The van der Waals surface area contributed by atoms with Crippen molar-refractivity contribution in [1.82, 2.24) is 4.98 Å². The van der Waals surface area contributed by atoms with E-state index in [1.54, 1.807) is 6.20 Å². The van der Waals surface area contributed by atoms with Crippen molar-refractivity contribution < 1.29 is 4.39 Å². The van der Waals surface area contributed by atoms with Gasteiger partial charge in [-0.15, -0.1) is 0 Å². The molecule has 2 N–H and O–H groups in total. The van der Waals surface area contributed by atoms with Crippen molar-refractivity contribution in [2.75, 3.05) is 0 Å². The summed E-state index contributed by atoms with van der Waals surface area (Å²) in [6.45, 7) is 0. The first-order valence-corrected chi connectivity index (χ1v) is 5.98. The summed E-state index contributed by atoms with van der Waals surface area (Å²) in [7, 11) is 0. The van der Waals surface area contributed by atoms with Crippen LogP contribution in [0.4, 0.5) is 4.39 Å². The Morgan fingerprint density at radius 1 is 1.29 bits per heavy atom. The molecule has 1 fully saturated rings. The predicted octanol–water partition coefficient (Wildman–Crippen LogP) is 2.91. The molecule has 1 aromatic carbocycles. The van der Waals surface area contributed by atoms with Gasteiger partial charge in [0.2, 0.25) is 0 Å². The second-order valence-corrected chi connectivity index (χ2v) is 4.85. The number of rotatable bonds is 1. The number of alkyl halides is 1. The first kappa shape index (κ1) is 10.7. The van der Waals surface area contributed by atoms with Gasteiger partial charge in [0.05, 0.1) is 5.52 Å². The van der Waals surface area contributed by atoms with Gasteiger partial charge in [-0.25, -0.2) is 4.39 Å². The number of hydrogen-bond acceptors (Lipinski definition) is 2. The van der Waals surface area contributed by atoms with Gasteiger partial charge in [-0.2, -0.15) is 0 Å². The number of nitrogens with two attached hydrogens (primary N) is 1. The third-order valence-corrected chi connectivity index (χ3v) is 3.61. The molecule has 2 nitrogen and oxygen atoms in total. The molecule has 2 atom stereocenters. The third kappa shape index (κ3) is 1.71. The van der Waals surface area contributed by atoms with Crippen LogP contribution in [0.1, 0.15) is 24.8 Å². The zero-order chi connectivity index (χ0) is 11.9. The third-order valence-electron chi connectivity index (χ3n) is 3.61. The van der Waals surface area contributed by atoms with Crippen LogP contribution in [0, 0.1) is 0 Å². The van der Waals surface area contributed by atoms with Crippen LogP contribution in [-0.2, 0) is 5.67 Å². The Morgan fingerprint density at radius 3 is 2.88 bits per heavy atom. The highest BCUT2D eigenvalue weighted by molar-refractivity contribution is 5.82. The Hall–Kier alpha value is -1.48. The molecule has 2 aromatic rings. The molecular formula is C14H15FN2. The highest BCUT2D eigenvalue weighted by atomic mass is 19.1. The van der Waals surface area contributed by atoms with E-state index in [-0.39, 0.29) is 6.04 Å². The summed E-state index contributed by atoms with van der Waals surface area (Å²) < 4.78 is 14.9. The number of halogens is 1. The molecule has 1 saturated carbocycles. The number of hydrogen-bond donors (Lipinski definition) is 1. The molecule has 1 aliphatic carbocycles. The molecule has 0 amide bonds. The van der Waals surface area contributed by atoms with Crippen molar-refractivity contribution in [1.29, 1.82) is 0 Å². The molecular weight excluding hydrogens is 215 g/mol. The Morgan fingerprint density at radius 2 is 2.12 bits per heavy atom. The minimum absolute atomic E-state index is 0.0287. The summed E-state index contributed by atoms with van der Waals surface area (Å²) >= 11 is 0. The minimum atomic E-state index is -1.30. The Kier molecular flexibility index (Phi) is 2.37. The summed E-state index contributed by atoms with van der Waals surface area (Å²) in [5, 5.41) is 0.988. The van der Waals surface area contributed by atoms with Crippen molar-refractivity contribution in [2.24, 2.45) is 5.73 Å². The van der Waals surface area contributed by atoms with Crippen LogP contribution in [0.2, 0.25) is 0 Å². The summed E-state index contributed by atoms with van der Waals surface area (Å²) in [5.74, 6) is 0. The average Bonchev–Trinajstić information content (AvgIpc) is 2.70. The van der Waals surface area contributed by atoms with Crippen LogP contribution >= 0.6 is 0 Å². The van der Waals surface area contributed by atoms with Gasteiger partial charge >= 0.3 is 0 Å². The van der Waals surface area contributed by atoms with Crippen molar-refractivity contribution in [3.63, 3.8) is 0 Å². The second kappa shape index (κ2) is 3.77. The maximum absolute atomic E-state index is 14.9. The van der Waals surface area contributed by atoms with Gasteiger partial charge in [0.25, 0.3) is 0 Å². The van der Waals surface area contributed by atoms with Crippen molar-refractivity contribution >= 4 is 10.9 Å². The monoisotopic (exact) mass is 230 g/mol. The molecule has 3 heteroatoms. The topological polar surface area (TPSA) is 38.9 Å². The predicted molar refractivity (Wildman–Crippen MR) is 66.4 cm³/mol. The summed E-state index contributed by atoms with van der Waals surface area (Å²) in [5.41, 5.74) is 6.00. The highest BCUT2D eigenvalue weighted by Crippen LogP contribution is 2.43. The maximum Gasteiger partial charge on any atom is 0.139 e. The number of aromatic nitrogens is 1. The fraction of sp³-hybridized carbons (Fsp3) is 0.357. The quantitative estimate of drug-likeness (QED) is 0.818. The summed E-state index contributed by atoms with van der Waals surface area (Å²) in [6.07, 6.45) is 3.37. The number of para-hydroxylation sites is 1. The lowest BCUT2D eigenvalue weighted by atomic mass is 9.91. The SMILES string of the molecule is NC1CCC(F)(c2cccc3cccnc23)C1. The van der Waals surface area contributed by atoms with Gasteiger partial charge in [0.15, 0.2) is 0 Å². The molecule has 0 aliphatic heterocycles. The van der Waals surface area contributed by atoms with Crippen molar-refractivity contribution in [3.05, 3.63) is 42.1 Å². The fourth-order valence-corrected chi connectivity index (χ4v) is 2.74. The zero-order valence-electron chi connectivity index (χ0n) is 9.57. The van der Waals surface area contributed by atoms with E-state index in [1.807, 2.05) is 30.3 Å². The molecule has 0 spiro atoms. The number of pyridine rings is 1. The van der Waals surface area contributed by atoms with E-state index < -0.39 is 5.67 Å². The van der Waals surface area contributed by atoms with Gasteiger partial charge in [-0.3, -0.25) is 4.98 Å². The largest absolute Gasteiger partial charge is 0.328 e. The lowest BCUT2D eigenvalue weighted by Crippen LogP contribution is -2.21. The van der Waals surface area contributed by atoms with Crippen LogP contribution in [-0.4, -0.2) is 11.0 Å². The first-order valence-electron chi connectivity index (χ1n) is 5.98. The highest BCUT2D eigenvalue weighted by Gasteiger charge is 2.40. The fourth-order valence-electron chi connectivity index (χ4n) is 2.74. The molecule has 0 radical (unpaired) electrons. The number of nitrogens with zero attached hydrogens (tertiary/aromatic N) is 1. The maximum atomic E-state index is 14.9. The number of benzene rings is 1. The molecule has 2 unspecified atom stereocenters. The molecule has 3 rings (SSSR count). The normalized spacial score (nSPS) is 28.7. The molecule has 1 heterocycles. The zero-order valence-corrected chi connectivity index (χ0v) is 9.57. The lowest BCUT2D eigenvalue weighted by molar-refractivity contribution is 0.174. The van der Waals surface area contributed by atoms with E-state index in [1.165, 1.54) is 0 Å². The molecule has 17 heavy (non-hydrogen) atoms. The Labute approximate surface area is 99.7 Å². The molecule has 0 saturated heterocycles. The Bertz CT molecular complexity index is 549. The van der Waals surface area contributed by atoms with E-state index in [4.69, 9.17) is 5.73 Å². The minimum Gasteiger partial charge on any atom is -0.328 e. The van der Waals surface area contributed by atoms with Crippen LogP contribution < -0.4 is 5.73 Å². The van der Waals surface area contributed by atoms with E-state index in [0.29, 0.717) is 18.4 Å². The van der Waals surface area contributed by atoms with Gasteiger partial charge in [0.1, 0.15) is 5.67 Å². The standard InChI is InChI=1S/C14H15FN2/c15-14(7-6-11(16)9-14)12-5-1-3-10-4-2-8-17-13(10)12/h1-5,8,11H,6-7,9,16H2. The van der Waals surface area contributed by atoms with Crippen molar-refractivity contribution in [2.45, 2.75) is 31.0 Å². The van der Waals surface area contributed by atoms with Gasteiger partial charge in [0, 0.05) is 29.6 Å².